The molecule has 0 radical (unpaired) electrons. The standard InChI is InChI=1S/C14H17BrF2/c1-2-14(7-3-4-8-14)13(15)10-5-6-11(16)12(17)9-10/h5-6,9,13H,2-4,7-8H2,1H3. The average molecular weight is 303 g/mol. The van der Waals surface area contributed by atoms with Crippen LogP contribution < -0.4 is 0 Å². The lowest BCUT2D eigenvalue weighted by Crippen LogP contribution is -2.21. The lowest BCUT2D eigenvalue weighted by molar-refractivity contribution is 0.279. The Morgan fingerprint density at radius 2 is 1.88 bits per heavy atom. The summed E-state index contributed by atoms with van der Waals surface area (Å²) < 4.78 is 26.2. The maximum atomic E-state index is 13.3. The fourth-order valence-electron chi connectivity index (χ4n) is 2.89. The van der Waals surface area contributed by atoms with Crippen LogP contribution in [0, 0.1) is 17.0 Å². The first-order valence-corrected chi connectivity index (χ1v) is 7.10. The summed E-state index contributed by atoms with van der Waals surface area (Å²) in [6.45, 7) is 2.18. The van der Waals surface area contributed by atoms with E-state index in [2.05, 4.69) is 22.9 Å². The summed E-state index contributed by atoms with van der Waals surface area (Å²) in [5, 5.41) is 0. The third-order valence-corrected chi connectivity index (χ3v) is 5.58. The predicted molar refractivity (Wildman–Crippen MR) is 69.2 cm³/mol. The van der Waals surface area contributed by atoms with Crippen molar-refractivity contribution in [2.24, 2.45) is 5.41 Å². The minimum absolute atomic E-state index is 0.123. The van der Waals surface area contributed by atoms with Crippen LogP contribution in [-0.4, -0.2) is 0 Å². The molecule has 0 bridgehead atoms. The first-order chi connectivity index (χ1) is 8.09. The molecule has 0 aromatic heterocycles. The van der Waals surface area contributed by atoms with Crippen LogP contribution in [0.3, 0.4) is 0 Å². The molecule has 3 heteroatoms. The fraction of sp³-hybridized carbons (Fsp3) is 0.571. The minimum atomic E-state index is -0.773. The van der Waals surface area contributed by atoms with Gasteiger partial charge < -0.3 is 0 Å². The van der Waals surface area contributed by atoms with E-state index in [1.165, 1.54) is 37.8 Å². The Morgan fingerprint density at radius 1 is 1.24 bits per heavy atom. The summed E-state index contributed by atoms with van der Waals surface area (Å²) in [4.78, 5) is 0.123. The quantitative estimate of drug-likeness (QED) is 0.658. The van der Waals surface area contributed by atoms with Crippen molar-refractivity contribution in [2.75, 3.05) is 0 Å². The highest BCUT2D eigenvalue weighted by Crippen LogP contribution is 2.54. The maximum absolute atomic E-state index is 13.3. The van der Waals surface area contributed by atoms with Gasteiger partial charge in [-0.2, -0.15) is 0 Å². The molecule has 0 aliphatic heterocycles. The van der Waals surface area contributed by atoms with Crippen LogP contribution in [0.5, 0.6) is 0 Å². The van der Waals surface area contributed by atoms with E-state index in [0.717, 1.165) is 12.0 Å². The SMILES string of the molecule is CCC1(C(Br)c2ccc(F)c(F)c2)CCCC1. The molecular formula is C14H17BrF2. The highest BCUT2D eigenvalue weighted by molar-refractivity contribution is 9.09. The Kier molecular flexibility index (Phi) is 3.86. The highest BCUT2D eigenvalue weighted by Gasteiger charge is 2.39. The molecule has 1 unspecified atom stereocenters. The van der Waals surface area contributed by atoms with E-state index in [9.17, 15) is 8.78 Å². The second-order valence-electron chi connectivity index (χ2n) is 4.96. The van der Waals surface area contributed by atoms with Crippen molar-refractivity contribution in [2.45, 2.75) is 43.9 Å². The zero-order valence-electron chi connectivity index (χ0n) is 9.98. The molecule has 1 aliphatic rings. The van der Waals surface area contributed by atoms with Gasteiger partial charge in [0, 0.05) is 4.83 Å². The van der Waals surface area contributed by atoms with Gasteiger partial charge in [0.05, 0.1) is 0 Å². The van der Waals surface area contributed by atoms with Crippen LogP contribution in [0.2, 0.25) is 0 Å². The third kappa shape index (κ3) is 2.40. The Balaban J connectivity index is 2.29. The van der Waals surface area contributed by atoms with Crippen LogP contribution in [0.1, 0.15) is 49.4 Å². The summed E-state index contributed by atoms with van der Waals surface area (Å²) in [5.41, 5.74) is 1.07. The Morgan fingerprint density at radius 3 is 2.41 bits per heavy atom. The number of alkyl halides is 1. The topological polar surface area (TPSA) is 0 Å². The zero-order valence-corrected chi connectivity index (χ0v) is 11.6. The van der Waals surface area contributed by atoms with Crippen LogP contribution in [0.4, 0.5) is 8.78 Å². The van der Waals surface area contributed by atoms with Gasteiger partial charge in [-0.3, -0.25) is 0 Å². The molecule has 94 valence electrons. The molecule has 1 saturated carbocycles. The number of halogens is 3. The van der Waals surface area contributed by atoms with Crippen molar-refractivity contribution in [1.29, 1.82) is 0 Å². The van der Waals surface area contributed by atoms with Crippen molar-refractivity contribution in [3.05, 3.63) is 35.4 Å². The van der Waals surface area contributed by atoms with Crippen LogP contribution >= 0.6 is 15.9 Å². The summed E-state index contributed by atoms with van der Waals surface area (Å²) >= 11 is 3.70. The molecule has 1 fully saturated rings. The highest BCUT2D eigenvalue weighted by atomic mass is 79.9. The normalized spacial score (nSPS) is 20.5. The minimum Gasteiger partial charge on any atom is -0.204 e. The first kappa shape index (κ1) is 13.0. The molecule has 0 amide bonds. The largest absolute Gasteiger partial charge is 0.204 e. The van der Waals surface area contributed by atoms with E-state index < -0.39 is 11.6 Å². The smallest absolute Gasteiger partial charge is 0.159 e. The molecule has 1 aromatic carbocycles. The number of benzene rings is 1. The molecule has 17 heavy (non-hydrogen) atoms. The number of hydrogen-bond acceptors (Lipinski definition) is 0. The monoisotopic (exact) mass is 302 g/mol. The molecule has 0 spiro atoms. The van der Waals surface area contributed by atoms with E-state index in [1.807, 2.05) is 0 Å². The van der Waals surface area contributed by atoms with Gasteiger partial charge in [0.15, 0.2) is 11.6 Å². The molecule has 0 heterocycles. The van der Waals surface area contributed by atoms with Crippen molar-refractivity contribution in [3.8, 4) is 0 Å². The molecular weight excluding hydrogens is 286 g/mol. The van der Waals surface area contributed by atoms with Gasteiger partial charge in [-0.05, 0) is 42.4 Å². The van der Waals surface area contributed by atoms with Gasteiger partial charge >= 0.3 is 0 Å². The lowest BCUT2D eigenvalue weighted by atomic mass is 9.77. The van der Waals surface area contributed by atoms with E-state index in [0.29, 0.717) is 0 Å². The zero-order chi connectivity index (χ0) is 12.5. The first-order valence-electron chi connectivity index (χ1n) is 6.18. The van der Waals surface area contributed by atoms with E-state index >= 15 is 0 Å². The van der Waals surface area contributed by atoms with Gasteiger partial charge in [0.2, 0.25) is 0 Å². The Labute approximate surface area is 110 Å². The van der Waals surface area contributed by atoms with Gasteiger partial charge in [-0.1, -0.05) is 41.8 Å². The molecule has 2 rings (SSSR count). The fourth-order valence-corrected chi connectivity index (χ4v) is 3.96. The van der Waals surface area contributed by atoms with E-state index in [-0.39, 0.29) is 10.2 Å². The van der Waals surface area contributed by atoms with Gasteiger partial charge in [-0.15, -0.1) is 0 Å². The molecule has 1 aliphatic carbocycles. The van der Waals surface area contributed by atoms with Crippen molar-refractivity contribution >= 4 is 15.9 Å². The average Bonchev–Trinajstić information content (AvgIpc) is 2.81. The molecule has 1 aromatic rings. The summed E-state index contributed by atoms with van der Waals surface area (Å²) in [7, 11) is 0. The van der Waals surface area contributed by atoms with Gasteiger partial charge in [0.25, 0.3) is 0 Å². The van der Waals surface area contributed by atoms with Gasteiger partial charge in [-0.25, -0.2) is 8.78 Å². The van der Waals surface area contributed by atoms with Crippen LogP contribution in [-0.2, 0) is 0 Å². The molecule has 0 saturated heterocycles. The number of rotatable bonds is 3. The summed E-state index contributed by atoms with van der Waals surface area (Å²) in [5.74, 6) is -1.53. The third-order valence-electron chi connectivity index (χ3n) is 4.08. The Hall–Kier alpha value is -0.440. The number of hydrogen-bond donors (Lipinski definition) is 0. The summed E-state index contributed by atoms with van der Waals surface area (Å²) in [6.07, 6.45) is 5.87. The van der Waals surface area contributed by atoms with Crippen molar-refractivity contribution in [1.82, 2.24) is 0 Å². The van der Waals surface area contributed by atoms with E-state index in [4.69, 9.17) is 0 Å². The van der Waals surface area contributed by atoms with Crippen LogP contribution in [0.25, 0.3) is 0 Å². The Bertz CT molecular complexity index is 397. The van der Waals surface area contributed by atoms with Crippen molar-refractivity contribution in [3.63, 3.8) is 0 Å². The van der Waals surface area contributed by atoms with Crippen LogP contribution in [0.15, 0.2) is 18.2 Å². The lowest BCUT2D eigenvalue weighted by Gasteiger charge is -2.33. The molecule has 0 nitrogen and oxygen atoms in total. The maximum Gasteiger partial charge on any atom is 0.159 e. The van der Waals surface area contributed by atoms with Gasteiger partial charge in [0.1, 0.15) is 0 Å². The second-order valence-corrected chi connectivity index (χ2v) is 5.87. The molecule has 1 atom stereocenters. The van der Waals surface area contributed by atoms with E-state index in [1.54, 1.807) is 6.07 Å². The molecule has 0 N–H and O–H groups in total. The summed E-state index contributed by atoms with van der Waals surface area (Å²) in [6, 6.07) is 4.23. The predicted octanol–water partition coefficient (Wildman–Crippen LogP) is 5.37. The second kappa shape index (κ2) is 5.05. The van der Waals surface area contributed by atoms with Crippen molar-refractivity contribution < 1.29 is 8.78 Å².